The van der Waals surface area contributed by atoms with Gasteiger partial charge in [-0.3, -0.25) is 4.79 Å². The van der Waals surface area contributed by atoms with E-state index in [1.165, 1.54) is 4.88 Å². The Morgan fingerprint density at radius 2 is 1.70 bits per heavy atom. The predicted octanol–water partition coefficient (Wildman–Crippen LogP) is 4.09. The van der Waals surface area contributed by atoms with Crippen molar-refractivity contribution in [2.75, 3.05) is 6.54 Å². The standard InChI is InChI=1S/C19H18N2OS/c1-14-18(15-8-4-2-5-9-15)21-17(23-14)12-13-20-19(22)16-10-6-3-7-11-16/h2-11H,12-13H2,1H3,(H,20,22). The molecule has 3 nitrogen and oxygen atoms in total. The van der Waals surface area contributed by atoms with Crippen LogP contribution in [-0.4, -0.2) is 17.4 Å². The number of carbonyl (C=O) groups excluding carboxylic acids is 1. The summed E-state index contributed by atoms with van der Waals surface area (Å²) in [4.78, 5) is 17.9. The van der Waals surface area contributed by atoms with Gasteiger partial charge in [-0.2, -0.15) is 0 Å². The van der Waals surface area contributed by atoms with E-state index in [4.69, 9.17) is 4.98 Å². The summed E-state index contributed by atoms with van der Waals surface area (Å²) < 4.78 is 0. The summed E-state index contributed by atoms with van der Waals surface area (Å²) in [5, 5.41) is 3.99. The minimum atomic E-state index is -0.0397. The van der Waals surface area contributed by atoms with Crippen LogP contribution in [0.3, 0.4) is 0 Å². The van der Waals surface area contributed by atoms with Crippen LogP contribution in [0.15, 0.2) is 60.7 Å². The molecule has 0 saturated carbocycles. The number of thiazole rings is 1. The number of nitrogens with zero attached hydrogens (tertiary/aromatic N) is 1. The minimum Gasteiger partial charge on any atom is -0.352 e. The Morgan fingerprint density at radius 3 is 2.39 bits per heavy atom. The van der Waals surface area contributed by atoms with Crippen LogP contribution < -0.4 is 5.32 Å². The topological polar surface area (TPSA) is 42.0 Å². The van der Waals surface area contributed by atoms with Gasteiger partial charge in [0.05, 0.1) is 10.7 Å². The second kappa shape index (κ2) is 7.20. The lowest BCUT2D eigenvalue weighted by Crippen LogP contribution is -2.25. The van der Waals surface area contributed by atoms with E-state index in [0.717, 1.165) is 22.7 Å². The van der Waals surface area contributed by atoms with E-state index in [0.29, 0.717) is 12.1 Å². The number of carbonyl (C=O) groups is 1. The second-order valence-electron chi connectivity index (χ2n) is 5.25. The fraction of sp³-hybridized carbons (Fsp3) is 0.158. The lowest BCUT2D eigenvalue weighted by Gasteiger charge is -2.03. The van der Waals surface area contributed by atoms with Crippen molar-refractivity contribution in [1.29, 1.82) is 0 Å². The molecule has 23 heavy (non-hydrogen) atoms. The highest BCUT2D eigenvalue weighted by Crippen LogP contribution is 2.27. The molecule has 0 unspecified atom stereocenters. The molecule has 0 radical (unpaired) electrons. The van der Waals surface area contributed by atoms with Gasteiger partial charge in [-0.15, -0.1) is 11.3 Å². The maximum Gasteiger partial charge on any atom is 0.251 e. The van der Waals surface area contributed by atoms with Crippen LogP contribution in [0.1, 0.15) is 20.2 Å². The van der Waals surface area contributed by atoms with E-state index in [1.807, 2.05) is 48.5 Å². The van der Waals surface area contributed by atoms with Crippen LogP contribution in [0, 0.1) is 6.92 Å². The molecular weight excluding hydrogens is 304 g/mol. The Balaban J connectivity index is 1.60. The lowest BCUT2D eigenvalue weighted by atomic mass is 10.1. The molecule has 0 atom stereocenters. The summed E-state index contributed by atoms with van der Waals surface area (Å²) >= 11 is 1.69. The van der Waals surface area contributed by atoms with Gasteiger partial charge in [0.25, 0.3) is 5.91 Å². The number of rotatable bonds is 5. The van der Waals surface area contributed by atoms with Gasteiger partial charge in [0.1, 0.15) is 0 Å². The average Bonchev–Trinajstić information content (AvgIpc) is 2.97. The average molecular weight is 322 g/mol. The molecule has 0 fully saturated rings. The summed E-state index contributed by atoms with van der Waals surface area (Å²) in [6.45, 7) is 2.68. The molecule has 1 aromatic heterocycles. The molecule has 116 valence electrons. The molecular formula is C19H18N2OS. The number of amides is 1. The van der Waals surface area contributed by atoms with Crippen molar-refractivity contribution >= 4 is 17.2 Å². The predicted molar refractivity (Wildman–Crippen MR) is 94.8 cm³/mol. The van der Waals surface area contributed by atoms with Gasteiger partial charge in [-0.05, 0) is 19.1 Å². The van der Waals surface area contributed by atoms with Crippen LogP contribution in [0.4, 0.5) is 0 Å². The third-order valence-electron chi connectivity index (χ3n) is 3.55. The number of hydrogen-bond acceptors (Lipinski definition) is 3. The molecule has 1 amide bonds. The largest absolute Gasteiger partial charge is 0.352 e. The summed E-state index contributed by atoms with van der Waals surface area (Å²) in [5.41, 5.74) is 2.87. The highest BCUT2D eigenvalue weighted by atomic mass is 32.1. The molecule has 1 N–H and O–H groups in total. The lowest BCUT2D eigenvalue weighted by molar-refractivity contribution is 0.0954. The first kappa shape index (κ1) is 15.4. The van der Waals surface area contributed by atoms with Crippen molar-refractivity contribution in [3.05, 3.63) is 76.1 Å². The van der Waals surface area contributed by atoms with Crippen LogP contribution in [0.2, 0.25) is 0 Å². The van der Waals surface area contributed by atoms with Crippen LogP contribution >= 0.6 is 11.3 Å². The van der Waals surface area contributed by atoms with E-state index in [1.54, 1.807) is 11.3 Å². The van der Waals surface area contributed by atoms with Crippen molar-refractivity contribution in [2.45, 2.75) is 13.3 Å². The Hall–Kier alpha value is -2.46. The molecule has 2 aromatic carbocycles. The van der Waals surface area contributed by atoms with Gasteiger partial charge in [-0.1, -0.05) is 48.5 Å². The molecule has 0 spiro atoms. The Labute approximate surface area is 140 Å². The van der Waals surface area contributed by atoms with E-state index >= 15 is 0 Å². The highest BCUT2D eigenvalue weighted by molar-refractivity contribution is 7.12. The molecule has 0 aliphatic rings. The highest BCUT2D eigenvalue weighted by Gasteiger charge is 2.10. The zero-order chi connectivity index (χ0) is 16.1. The quantitative estimate of drug-likeness (QED) is 0.768. The third kappa shape index (κ3) is 3.85. The molecule has 0 aliphatic carbocycles. The fourth-order valence-electron chi connectivity index (χ4n) is 2.40. The zero-order valence-electron chi connectivity index (χ0n) is 13.0. The first-order valence-corrected chi connectivity index (χ1v) is 8.40. The monoisotopic (exact) mass is 322 g/mol. The molecule has 3 aromatic rings. The third-order valence-corrected chi connectivity index (χ3v) is 4.58. The maximum absolute atomic E-state index is 12.0. The van der Waals surface area contributed by atoms with Crippen molar-refractivity contribution in [3.8, 4) is 11.3 Å². The Kier molecular flexibility index (Phi) is 4.83. The van der Waals surface area contributed by atoms with Crippen molar-refractivity contribution in [2.24, 2.45) is 0 Å². The van der Waals surface area contributed by atoms with Gasteiger partial charge in [0, 0.05) is 29.0 Å². The van der Waals surface area contributed by atoms with E-state index in [-0.39, 0.29) is 5.91 Å². The molecule has 1 heterocycles. The van der Waals surface area contributed by atoms with Gasteiger partial charge in [0.2, 0.25) is 0 Å². The van der Waals surface area contributed by atoms with Crippen molar-refractivity contribution < 1.29 is 4.79 Å². The molecule has 0 aliphatic heterocycles. The minimum absolute atomic E-state index is 0.0397. The molecule has 3 rings (SSSR count). The first-order chi connectivity index (χ1) is 11.2. The van der Waals surface area contributed by atoms with E-state index < -0.39 is 0 Å². The first-order valence-electron chi connectivity index (χ1n) is 7.59. The number of aromatic nitrogens is 1. The van der Waals surface area contributed by atoms with E-state index in [2.05, 4.69) is 24.4 Å². The smallest absolute Gasteiger partial charge is 0.251 e. The number of hydrogen-bond donors (Lipinski definition) is 1. The Morgan fingerprint density at radius 1 is 1.04 bits per heavy atom. The van der Waals surface area contributed by atoms with Gasteiger partial charge < -0.3 is 5.32 Å². The molecule has 4 heteroatoms. The SMILES string of the molecule is Cc1sc(CCNC(=O)c2ccccc2)nc1-c1ccccc1. The summed E-state index contributed by atoms with van der Waals surface area (Å²) in [7, 11) is 0. The van der Waals surface area contributed by atoms with E-state index in [9.17, 15) is 4.79 Å². The van der Waals surface area contributed by atoms with Crippen LogP contribution in [0.5, 0.6) is 0 Å². The van der Waals surface area contributed by atoms with Gasteiger partial charge in [0.15, 0.2) is 0 Å². The molecule has 0 bridgehead atoms. The zero-order valence-corrected chi connectivity index (χ0v) is 13.8. The normalized spacial score (nSPS) is 10.5. The molecule has 0 saturated heterocycles. The number of aryl methyl sites for hydroxylation is 1. The van der Waals surface area contributed by atoms with Crippen LogP contribution in [0.25, 0.3) is 11.3 Å². The Bertz CT molecular complexity index is 782. The van der Waals surface area contributed by atoms with Gasteiger partial charge >= 0.3 is 0 Å². The number of nitrogens with one attached hydrogen (secondary N) is 1. The summed E-state index contributed by atoms with van der Waals surface area (Å²) in [5.74, 6) is -0.0397. The number of benzene rings is 2. The summed E-state index contributed by atoms with van der Waals surface area (Å²) in [6.07, 6.45) is 0.747. The van der Waals surface area contributed by atoms with Gasteiger partial charge in [-0.25, -0.2) is 4.98 Å². The van der Waals surface area contributed by atoms with Crippen molar-refractivity contribution in [1.82, 2.24) is 10.3 Å². The maximum atomic E-state index is 12.0. The summed E-state index contributed by atoms with van der Waals surface area (Å²) in [6, 6.07) is 19.5. The second-order valence-corrected chi connectivity index (χ2v) is 6.54. The van der Waals surface area contributed by atoms with Crippen molar-refractivity contribution in [3.63, 3.8) is 0 Å². The van der Waals surface area contributed by atoms with Crippen LogP contribution in [-0.2, 0) is 6.42 Å². The fourth-order valence-corrected chi connectivity index (χ4v) is 3.35.